The van der Waals surface area contributed by atoms with E-state index in [1.807, 2.05) is 63.5 Å². The summed E-state index contributed by atoms with van der Waals surface area (Å²) in [5.41, 5.74) is 5.73. The maximum atomic E-state index is 12.4. The molecule has 3 aromatic heterocycles. The number of amides is 1. The van der Waals surface area contributed by atoms with Crippen molar-refractivity contribution in [2.75, 3.05) is 13.1 Å². The molecule has 5 heterocycles. The van der Waals surface area contributed by atoms with Gasteiger partial charge in [0, 0.05) is 67.6 Å². The van der Waals surface area contributed by atoms with E-state index >= 15 is 0 Å². The van der Waals surface area contributed by atoms with Crippen LogP contribution in [0.15, 0.2) is 54.9 Å². The van der Waals surface area contributed by atoms with E-state index in [1.54, 1.807) is 4.90 Å². The molecule has 0 atom stereocenters. The van der Waals surface area contributed by atoms with Crippen LogP contribution in [0.5, 0.6) is 5.75 Å². The average molecular weight is 512 g/mol. The third-order valence-corrected chi connectivity index (χ3v) is 7.13. The van der Waals surface area contributed by atoms with Crippen LogP contribution in [0.1, 0.15) is 45.7 Å². The van der Waals surface area contributed by atoms with E-state index in [0.717, 1.165) is 71.4 Å². The third-order valence-electron chi connectivity index (χ3n) is 7.13. The summed E-state index contributed by atoms with van der Waals surface area (Å²) >= 11 is 0. The number of carbonyl (C=O) groups excluding carboxylic acids is 1. The normalized spacial score (nSPS) is 16.0. The fraction of sp³-hybridized carbons (Fsp3) is 0.400. The second-order valence-electron chi connectivity index (χ2n) is 11.0. The lowest BCUT2D eigenvalue weighted by atomic mass is 9.96. The van der Waals surface area contributed by atoms with Crippen LogP contribution < -0.4 is 4.74 Å². The highest BCUT2D eigenvalue weighted by Crippen LogP contribution is 2.40. The smallest absolute Gasteiger partial charge is 0.410 e. The predicted octanol–water partition coefficient (Wildman–Crippen LogP) is 5.88. The molecule has 0 unspecified atom stereocenters. The highest BCUT2D eigenvalue weighted by atomic mass is 16.6. The molecule has 196 valence electrons. The molecule has 1 saturated heterocycles. The molecule has 0 aliphatic carbocycles. The van der Waals surface area contributed by atoms with Crippen molar-refractivity contribution in [2.45, 2.75) is 64.7 Å². The van der Waals surface area contributed by atoms with Gasteiger partial charge < -0.3 is 14.4 Å². The second-order valence-corrected chi connectivity index (χ2v) is 11.0. The predicted molar refractivity (Wildman–Crippen MR) is 146 cm³/mol. The molecule has 0 N–H and O–H groups in total. The van der Waals surface area contributed by atoms with Gasteiger partial charge in [-0.25, -0.2) is 4.79 Å². The number of nitrogens with zero attached hydrogens (tertiary/aromatic N) is 5. The molecule has 38 heavy (non-hydrogen) atoms. The van der Waals surface area contributed by atoms with Crippen molar-refractivity contribution in [3.8, 4) is 28.3 Å². The standard InChI is InChI=1S/C30H33N5O3/c1-30(2,3)38-29(36)34-17-12-20(13-18-34)37-21-9-10-22-23(11-15-32-25(22)19-21)27-26-8-6-16-35(26)33-28(27)24-7-4-5-14-31-24/h4-5,7,9-11,14-15,19-20H,6,8,12-13,16-18H2,1-3H3. The van der Waals surface area contributed by atoms with E-state index in [0.29, 0.717) is 13.1 Å². The van der Waals surface area contributed by atoms with E-state index in [-0.39, 0.29) is 12.2 Å². The molecule has 0 radical (unpaired) electrons. The highest BCUT2D eigenvalue weighted by molar-refractivity contribution is 5.99. The Morgan fingerprint density at radius 2 is 1.84 bits per heavy atom. The Bertz CT molecular complexity index is 1470. The SMILES string of the molecule is CC(C)(C)OC(=O)N1CCC(Oc2ccc3c(-c4c(-c5ccccn5)nn5c4CCC5)ccnc3c2)CC1. The van der Waals surface area contributed by atoms with Crippen LogP contribution in [0.3, 0.4) is 0 Å². The van der Waals surface area contributed by atoms with Crippen molar-refractivity contribution in [3.05, 3.63) is 60.6 Å². The summed E-state index contributed by atoms with van der Waals surface area (Å²) < 4.78 is 14.0. The summed E-state index contributed by atoms with van der Waals surface area (Å²) in [7, 11) is 0. The fourth-order valence-electron chi connectivity index (χ4n) is 5.39. The van der Waals surface area contributed by atoms with Crippen LogP contribution in [0.2, 0.25) is 0 Å². The van der Waals surface area contributed by atoms with Crippen molar-refractivity contribution in [3.63, 3.8) is 0 Å². The van der Waals surface area contributed by atoms with Crippen LogP contribution in [0.25, 0.3) is 33.4 Å². The van der Waals surface area contributed by atoms with Crippen LogP contribution in [0, 0.1) is 0 Å². The van der Waals surface area contributed by atoms with Gasteiger partial charge in [-0.05, 0) is 69.5 Å². The third kappa shape index (κ3) is 4.83. The van der Waals surface area contributed by atoms with E-state index in [2.05, 4.69) is 26.8 Å². The Hall–Kier alpha value is -3.94. The molecule has 2 aliphatic rings. The summed E-state index contributed by atoms with van der Waals surface area (Å²) in [6.45, 7) is 7.85. The molecule has 8 heteroatoms. The number of hydrogen-bond donors (Lipinski definition) is 0. The highest BCUT2D eigenvalue weighted by Gasteiger charge is 2.28. The number of rotatable bonds is 4. The Labute approximate surface area is 222 Å². The number of benzene rings is 1. The minimum atomic E-state index is -0.489. The van der Waals surface area contributed by atoms with Crippen LogP contribution in [0.4, 0.5) is 4.79 Å². The zero-order valence-electron chi connectivity index (χ0n) is 22.2. The van der Waals surface area contributed by atoms with Gasteiger partial charge in [0.25, 0.3) is 0 Å². The minimum absolute atomic E-state index is 0.0454. The molecule has 6 rings (SSSR count). The zero-order valence-corrected chi connectivity index (χ0v) is 22.2. The minimum Gasteiger partial charge on any atom is -0.490 e. The van der Waals surface area contributed by atoms with E-state index in [9.17, 15) is 4.79 Å². The van der Waals surface area contributed by atoms with Crippen molar-refractivity contribution in [1.29, 1.82) is 0 Å². The first-order valence-electron chi connectivity index (χ1n) is 13.4. The number of ether oxygens (including phenoxy) is 2. The first-order chi connectivity index (χ1) is 18.4. The monoisotopic (exact) mass is 511 g/mol. The van der Waals surface area contributed by atoms with Crippen LogP contribution in [-0.4, -0.2) is 55.5 Å². The number of aryl methyl sites for hydroxylation is 1. The number of fused-ring (bicyclic) bond motifs is 2. The van der Waals surface area contributed by atoms with Gasteiger partial charge in [0.05, 0.1) is 11.2 Å². The number of hydrogen-bond acceptors (Lipinski definition) is 6. The van der Waals surface area contributed by atoms with Crippen molar-refractivity contribution in [1.82, 2.24) is 24.6 Å². The Morgan fingerprint density at radius 3 is 2.61 bits per heavy atom. The average Bonchev–Trinajstić information content (AvgIpc) is 3.50. The molecular formula is C30H33N5O3. The molecule has 0 spiro atoms. The Balaban J connectivity index is 1.24. The van der Waals surface area contributed by atoms with Crippen molar-refractivity contribution in [2.24, 2.45) is 0 Å². The number of carbonyl (C=O) groups is 1. The summed E-state index contributed by atoms with van der Waals surface area (Å²) in [6, 6.07) is 14.2. The molecule has 4 aromatic rings. The van der Waals surface area contributed by atoms with Crippen molar-refractivity contribution >= 4 is 17.0 Å². The maximum absolute atomic E-state index is 12.4. The van der Waals surface area contributed by atoms with Crippen LogP contribution >= 0.6 is 0 Å². The summed E-state index contributed by atoms with van der Waals surface area (Å²) in [5.74, 6) is 0.794. The number of likely N-dealkylation sites (tertiary alicyclic amines) is 1. The quantitative estimate of drug-likeness (QED) is 0.340. The van der Waals surface area contributed by atoms with Gasteiger partial charge in [-0.15, -0.1) is 0 Å². The van der Waals surface area contributed by atoms with Gasteiger partial charge in [-0.2, -0.15) is 5.10 Å². The maximum Gasteiger partial charge on any atom is 0.410 e. The van der Waals surface area contributed by atoms with E-state index in [1.165, 1.54) is 5.69 Å². The number of aromatic nitrogens is 4. The second kappa shape index (κ2) is 9.74. The lowest BCUT2D eigenvalue weighted by molar-refractivity contribution is 0.0127. The van der Waals surface area contributed by atoms with E-state index in [4.69, 9.17) is 14.6 Å². The van der Waals surface area contributed by atoms with Gasteiger partial charge in [0.1, 0.15) is 23.1 Å². The molecule has 0 bridgehead atoms. The largest absolute Gasteiger partial charge is 0.490 e. The van der Waals surface area contributed by atoms with E-state index < -0.39 is 5.60 Å². The fourth-order valence-corrected chi connectivity index (χ4v) is 5.39. The zero-order chi connectivity index (χ0) is 26.3. The molecule has 1 fully saturated rings. The van der Waals surface area contributed by atoms with Gasteiger partial charge in [-0.1, -0.05) is 6.07 Å². The molecule has 1 amide bonds. The topological polar surface area (TPSA) is 82.4 Å². The van der Waals surface area contributed by atoms with Crippen LogP contribution in [-0.2, 0) is 17.7 Å². The molecule has 0 saturated carbocycles. The van der Waals surface area contributed by atoms with Gasteiger partial charge in [0.15, 0.2) is 0 Å². The molecule has 2 aliphatic heterocycles. The first kappa shape index (κ1) is 24.4. The van der Waals surface area contributed by atoms with Gasteiger partial charge >= 0.3 is 6.09 Å². The lowest BCUT2D eigenvalue weighted by Crippen LogP contribution is -2.44. The van der Waals surface area contributed by atoms with Crippen molar-refractivity contribution < 1.29 is 14.3 Å². The van der Waals surface area contributed by atoms with Gasteiger partial charge in [0.2, 0.25) is 0 Å². The number of pyridine rings is 2. The molecule has 1 aromatic carbocycles. The summed E-state index contributed by atoms with van der Waals surface area (Å²) in [6.07, 6.45) is 7.10. The lowest BCUT2D eigenvalue weighted by Gasteiger charge is -2.33. The Kier molecular flexibility index (Phi) is 6.26. The summed E-state index contributed by atoms with van der Waals surface area (Å²) in [4.78, 5) is 23.4. The number of piperidine rings is 1. The first-order valence-corrected chi connectivity index (χ1v) is 13.4. The molecule has 8 nitrogen and oxygen atoms in total. The molecular weight excluding hydrogens is 478 g/mol. The van der Waals surface area contributed by atoms with Gasteiger partial charge in [-0.3, -0.25) is 14.6 Å². The summed E-state index contributed by atoms with van der Waals surface area (Å²) in [5, 5.41) is 6.02. The Morgan fingerprint density at radius 1 is 1.00 bits per heavy atom.